The normalized spacial score (nSPS) is 12.9. The van der Waals surface area contributed by atoms with Crippen LogP contribution < -0.4 is 10.8 Å². The fourth-order valence-corrected chi connectivity index (χ4v) is 2.29. The number of rotatable bonds is 4. The molecule has 0 aliphatic rings. The Morgan fingerprint density at radius 1 is 1.57 bits per heavy atom. The van der Waals surface area contributed by atoms with Gasteiger partial charge in [0.1, 0.15) is 0 Å². The molecule has 1 aromatic rings. The van der Waals surface area contributed by atoms with Crippen LogP contribution in [0.5, 0.6) is 0 Å². The van der Waals surface area contributed by atoms with Crippen molar-refractivity contribution in [2.24, 2.45) is 5.90 Å². The van der Waals surface area contributed by atoms with Crippen molar-refractivity contribution in [1.29, 1.82) is 0 Å². The molecule has 0 saturated heterocycles. The second-order valence-corrected chi connectivity index (χ2v) is 4.58. The van der Waals surface area contributed by atoms with E-state index in [1.807, 2.05) is 25.9 Å². The van der Waals surface area contributed by atoms with Crippen LogP contribution in [-0.4, -0.2) is 25.7 Å². The van der Waals surface area contributed by atoms with Crippen LogP contribution in [0.1, 0.15) is 23.4 Å². The molecular weight excluding hydrogens is 198 g/mol. The highest BCUT2D eigenvalue weighted by molar-refractivity contribution is 7.15. The Bertz CT molecular complexity index is 298. The van der Waals surface area contributed by atoms with Gasteiger partial charge in [-0.3, -0.25) is 0 Å². The first-order chi connectivity index (χ1) is 6.56. The molecule has 5 heteroatoms. The lowest BCUT2D eigenvalue weighted by Gasteiger charge is -2.07. The zero-order valence-electron chi connectivity index (χ0n) is 9.07. The first kappa shape index (κ1) is 11.4. The van der Waals surface area contributed by atoms with E-state index >= 15 is 0 Å². The van der Waals surface area contributed by atoms with E-state index in [0.29, 0.717) is 12.5 Å². The minimum atomic E-state index is 0.311. The summed E-state index contributed by atoms with van der Waals surface area (Å²) in [7, 11) is 3.98. The Kier molecular flexibility index (Phi) is 3.86. The molecule has 1 unspecified atom stereocenters. The first-order valence-corrected chi connectivity index (χ1v) is 5.34. The average Bonchev–Trinajstić information content (AvgIpc) is 2.48. The largest absolute Gasteiger partial charge is 0.354 e. The summed E-state index contributed by atoms with van der Waals surface area (Å²) in [5.41, 5.74) is 1.07. The molecule has 0 aliphatic carbocycles. The van der Waals surface area contributed by atoms with Crippen LogP contribution in [-0.2, 0) is 4.84 Å². The zero-order valence-corrected chi connectivity index (χ0v) is 9.89. The topological polar surface area (TPSA) is 51.4 Å². The van der Waals surface area contributed by atoms with E-state index in [9.17, 15) is 0 Å². The Morgan fingerprint density at radius 3 is 2.64 bits per heavy atom. The third-order valence-corrected chi connectivity index (χ3v) is 3.55. The van der Waals surface area contributed by atoms with Gasteiger partial charge in [0.25, 0.3) is 0 Å². The average molecular weight is 215 g/mol. The van der Waals surface area contributed by atoms with Crippen molar-refractivity contribution in [2.45, 2.75) is 19.8 Å². The van der Waals surface area contributed by atoms with Crippen molar-refractivity contribution < 1.29 is 4.84 Å². The molecule has 1 atom stereocenters. The number of thiazole rings is 1. The van der Waals surface area contributed by atoms with Crippen molar-refractivity contribution in [1.82, 2.24) is 4.98 Å². The van der Waals surface area contributed by atoms with E-state index in [0.717, 1.165) is 10.8 Å². The maximum atomic E-state index is 5.06. The minimum Gasteiger partial charge on any atom is -0.354 e. The summed E-state index contributed by atoms with van der Waals surface area (Å²) in [4.78, 5) is 12.4. The third kappa shape index (κ3) is 2.43. The molecule has 0 fully saturated rings. The van der Waals surface area contributed by atoms with Crippen molar-refractivity contribution in [3.8, 4) is 0 Å². The van der Waals surface area contributed by atoms with Gasteiger partial charge in [-0.25, -0.2) is 10.9 Å². The van der Waals surface area contributed by atoms with Gasteiger partial charge >= 0.3 is 0 Å². The molecule has 4 nitrogen and oxygen atoms in total. The number of aryl methyl sites for hydroxylation is 1. The van der Waals surface area contributed by atoms with Crippen LogP contribution in [0.4, 0.5) is 5.13 Å². The van der Waals surface area contributed by atoms with Crippen molar-refractivity contribution in [3.05, 3.63) is 10.6 Å². The number of anilines is 1. The Hall–Kier alpha value is -0.650. The van der Waals surface area contributed by atoms with Gasteiger partial charge in [0, 0.05) is 24.9 Å². The zero-order chi connectivity index (χ0) is 10.7. The predicted molar refractivity (Wildman–Crippen MR) is 59.7 cm³/mol. The lowest BCUT2D eigenvalue weighted by molar-refractivity contribution is 0.127. The van der Waals surface area contributed by atoms with E-state index in [-0.39, 0.29) is 0 Å². The highest BCUT2D eigenvalue weighted by Crippen LogP contribution is 2.30. The molecule has 1 rings (SSSR count). The maximum absolute atomic E-state index is 5.06. The standard InChI is InChI=1S/C9H17N3OS/c1-6(5-13-10)8-7(2)11-9(14-8)12(3)4/h6H,5,10H2,1-4H3. The molecule has 1 heterocycles. The van der Waals surface area contributed by atoms with E-state index in [1.54, 1.807) is 11.3 Å². The van der Waals surface area contributed by atoms with E-state index < -0.39 is 0 Å². The Morgan fingerprint density at radius 2 is 2.21 bits per heavy atom. The van der Waals surface area contributed by atoms with Gasteiger partial charge in [-0.1, -0.05) is 6.92 Å². The van der Waals surface area contributed by atoms with Crippen LogP contribution in [0.25, 0.3) is 0 Å². The molecule has 0 saturated carbocycles. The van der Waals surface area contributed by atoms with Crippen LogP contribution in [0.2, 0.25) is 0 Å². The third-order valence-electron chi connectivity index (χ3n) is 2.00. The summed E-state index contributed by atoms with van der Waals surface area (Å²) in [6.07, 6.45) is 0. The van der Waals surface area contributed by atoms with Gasteiger partial charge in [0.2, 0.25) is 0 Å². The van der Waals surface area contributed by atoms with Crippen molar-refractivity contribution in [3.63, 3.8) is 0 Å². The molecular formula is C9H17N3OS. The first-order valence-electron chi connectivity index (χ1n) is 4.52. The molecule has 0 bridgehead atoms. The summed E-state index contributed by atoms with van der Waals surface area (Å²) < 4.78 is 0. The summed E-state index contributed by atoms with van der Waals surface area (Å²) in [5, 5.41) is 1.03. The number of hydrogen-bond acceptors (Lipinski definition) is 5. The highest BCUT2D eigenvalue weighted by Gasteiger charge is 2.15. The highest BCUT2D eigenvalue weighted by atomic mass is 32.1. The molecule has 80 valence electrons. The SMILES string of the molecule is Cc1nc(N(C)C)sc1C(C)CON. The molecule has 0 aromatic carbocycles. The summed E-state index contributed by atoms with van der Waals surface area (Å²) in [5.74, 6) is 5.37. The van der Waals surface area contributed by atoms with Gasteiger partial charge in [0.15, 0.2) is 5.13 Å². The smallest absolute Gasteiger partial charge is 0.185 e. The quantitative estimate of drug-likeness (QED) is 0.774. The van der Waals surface area contributed by atoms with E-state index in [1.165, 1.54) is 4.88 Å². The minimum absolute atomic E-state index is 0.311. The van der Waals surface area contributed by atoms with Crippen LogP contribution in [0, 0.1) is 6.92 Å². The van der Waals surface area contributed by atoms with E-state index in [4.69, 9.17) is 5.90 Å². The molecule has 0 radical (unpaired) electrons. The lowest BCUT2D eigenvalue weighted by atomic mass is 10.1. The van der Waals surface area contributed by atoms with Gasteiger partial charge in [-0.05, 0) is 6.92 Å². The van der Waals surface area contributed by atoms with Crippen LogP contribution >= 0.6 is 11.3 Å². The fourth-order valence-electron chi connectivity index (χ4n) is 1.26. The second-order valence-electron chi connectivity index (χ2n) is 3.57. The van der Waals surface area contributed by atoms with Gasteiger partial charge in [-0.15, -0.1) is 11.3 Å². The molecule has 0 amide bonds. The van der Waals surface area contributed by atoms with Crippen LogP contribution in [0.15, 0.2) is 0 Å². The number of nitrogens with zero attached hydrogens (tertiary/aromatic N) is 2. The second kappa shape index (κ2) is 4.72. The van der Waals surface area contributed by atoms with Crippen LogP contribution in [0.3, 0.4) is 0 Å². The Balaban J connectivity index is 2.86. The molecule has 0 spiro atoms. The lowest BCUT2D eigenvalue weighted by Crippen LogP contribution is -2.08. The summed E-state index contributed by atoms with van der Waals surface area (Å²) in [6, 6.07) is 0. The number of nitrogens with two attached hydrogens (primary N) is 1. The van der Waals surface area contributed by atoms with Gasteiger partial charge in [0.05, 0.1) is 12.3 Å². The molecule has 2 N–H and O–H groups in total. The fraction of sp³-hybridized carbons (Fsp3) is 0.667. The van der Waals surface area contributed by atoms with E-state index in [2.05, 4.69) is 16.7 Å². The van der Waals surface area contributed by atoms with Crippen molar-refractivity contribution >= 4 is 16.5 Å². The Labute approximate surface area is 88.6 Å². The molecule has 1 aromatic heterocycles. The van der Waals surface area contributed by atoms with Gasteiger partial charge in [-0.2, -0.15) is 0 Å². The van der Waals surface area contributed by atoms with Crippen molar-refractivity contribution in [2.75, 3.05) is 25.6 Å². The molecule has 0 aliphatic heterocycles. The summed E-state index contributed by atoms with van der Waals surface area (Å²) >= 11 is 1.69. The maximum Gasteiger partial charge on any atom is 0.185 e. The monoisotopic (exact) mass is 215 g/mol. The number of hydrogen-bond donors (Lipinski definition) is 1. The summed E-state index contributed by atoms with van der Waals surface area (Å²) in [6.45, 7) is 4.65. The molecule has 14 heavy (non-hydrogen) atoms. The number of aromatic nitrogens is 1. The predicted octanol–water partition coefficient (Wildman–Crippen LogP) is 1.51. The van der Waals surface area contributed by atoms with Gasteiger partial charge < -0.3 is 9.74 Å².